The van der Waals surface area contributed by atoms with E-state index in [1.165, 1.54) is 0 Å². The standard InChI is InChI=1S/C14H19NO4/c1-18-12-4-2-3-5-13(12)19-9-8-15-7-6-11(10-15)14(16)17/h2-5,11H,6-10H2,1H3,(H,16,17). The zero-order valence-corrected chi connectivity index (χ0v) is 11.0. The SMILES string of the molecule is COc1ccccc1OCCN1CCC(C(=O)O)C1. The van der Waals surface area contributed by atoms with E-state index in [1.54, 1.807) is 7.11 Å². The second-order valence-electron chi connectivity index (χ2n) is 4.62. The minimum Gasteiger partial charge on any atom is -0.493 e. The molecule has 1 N–H and O–H groups in total. The molecule has 2 rings (SSSR count). The van der Waals surface area contributed by atoms with E-state index in [9.17, 15) is 4.79 Å². The number of carbonyl (C=O) groups is 1. The van der Waals surface area contributed by atoms with Gasteiger partial charge >= 0.3 is 5.97 Å². The van der Waals surface area contributed by atoms with Crippen LogP contribution in [0.3, 0.4) is 0 Å². The van der Waals surface area contributed by atoms with Gasteiger partial charge in [0.15, 0.2) is 11.5 Å². The molecule has 104 valence electrons. The molecule has 0 amide bonds. The molecule has 5 heteroatoms. The van der Waals surface area contributed by atoms with Crippen molar-refractivity contribution >= 4 is 5.97 Å². The van der Waals surface area contributed by atoms with Gasteiger partial charge in [-0.2, -0.15) is 0 Å². The lowest BCUT2D eigenvalue weighted by Gasteiger charge is -2.16. The van der Waals surface area contributed by atoms with Crippen molar-refractivity contribution in [2.45, 2.75) is 6.42 Å². The first kappa shape index (κ1) is 13.7. The smallest absolute Gasteiger partial charge is 0.307 e. The van der Waals surface area contributed by atoms with Gasteiger partial charge in [0, 0.05) is 13.1 Å². The summed E-state index contributed by atoms with van der Waals surface area (Å²) in [5.74, 6) is 0.505. The second-order valence-corrected chi connectivity index (χ2v) is 4.62. The predicted octanol–water partition coefficient (Wildman–Crippen LogP) is 1.48. The Bertz CT molecular complexity index is 435. The normalized spacial score (nSPS) is 19.3. The van der Waals surface area contributed by atoms with Crippen molar-refractivity contribution in [3.63, 3.8) is 0 Å². The molecule has 0 aliphatic carbocycles. The molecule has 0 radical (unpaired) electrons. The Morgan fingerprint density at radius 2 is 2.16 bits per heavy atom. The third-order valence-electron chi connectivity index (χ3n) is 3.36. The molecular weight excluding hydrogens is 246 g/mol. The van der Waals surface area contributed by atoms with Gasteiger partial charge in [0.05, 0.1) is 13.0 Å². The summed E-state index contributed by atoms with van der Waals surface area (Å²) in [6.07, 6.45) is 0.726. The number of hydrogen-bond acceptors (Lipinski definition) is 4. The van der Waals surface area contributed by atoms with Crippen molar-refractivity contribution in [3.8, 4) is 11.5 Å². The van der Waals surface area contributed by atoms with Gasteiger partial charge in [-0.15, -0.1) is 0 Å². The van der Waals surface area contributed by atoms with E-state index in [0.29, 0.717) is 18.9 Å². The maximum atomic E-state index is 10.9. The van der Waals surface area contributed by atoms with E-state index in [1.807, 2.05) is 24.3 Å². The Morgan fingerprint density at radius 3 is 2.79 bits per heavy atom. The first-order valence-corrected chi connectivity index (χ1v) is 6.41. The van der Waals surface area contributed by atoms with Crippen molar-refractivity contribution in [1.82, 2.24) is 4.90 Å². The highest BCUT2D eigenvalue weighted by Crippen LogP contribution is 2.25. The average Bonchev–Trinajstić information content (AvgIpc) is 2.88. The molecule has 1 aromatic carbocycles. The maximum Gasteiger partial charge on any atom is 0.307 e. The third kappa shape index (κ3) is 3.61. The molecule has 0 bridgehead atoms. The van der Waals surface area contributed by atoms with Gasteiger partial charge in [-0.25, -0.2) is 0 Å². The highest BCUT2D eigenvalue weighted by molar-refractivity contribution is 5.70. The minimum atomic E-state index is -0.701. The lowest BCUT2D eigenvalue weighted by molar-refractivity contribution is -0.141. The van der Waals surface area contributed by atoms with Gasteiger partial charge in [0.2, 0.25) is 0 Å². The number of aliphatic carboxylic acids is 1. The Balaban J connectivity index is 1.77. The minimum absolute atomic E-state index is 0.230. The highest BCUT2D eigenvalue weighted by Gasteiger charge is 2.27. The summed E-state index contributed by atoms with van der Waals surface area (Å²) >= 11 is 0. The second kappa shape index (κ2) is 6.43. The van der Waals surface area contributed by atoms with Crippen LogP contribution in [-0.4, -0.2) is 49.3 Å². The fraction of sp³-hybridized carbons (Fsp3) is 0.500. The molecule has 1 saturated heterocycles. The van der Waals surface area contributed by atoms with Gasteiger partial charge in [-0.3, -0.25) is 9.69 Å². The van der Waals surface area contributed by atoms with Crippen molar-refractivity contribution in [2.75, 3.05) is 33.4 Å². The summed E-state index contributed by atoms with van der Waals surface area (Å²) in [5.41, 5.74) is 0. The molecule has 1 unspecified atom stereocenters. The van der Waals surface area contributed by atoms with E-state index in [0.717, 1.165) is 25.3 Å². The fourth-order valence-electron chi connectivity index (χ4n) is 2.26. The van der Waals surface area contributed by atoms with Crippen LogP contribution in [0.5, 0.6) is 11.5 Å². The van der Waals surface area contributed by atoms with E-state index in [4.69, 9.17) is 14.6 Å². The lowest BCUT2D eigenvalue weighted by atomic mass is 10.1. The molecule has 1 fully saturated rings. The van der Waals surface area contributed by atoms with Crippen LogP contribution in [-0.2, 0) is 4.79 Å². The van der Waals surface area contributed by atoms with Crippen LogP contribution in [0.25, 0.3) is 0 Å². The summed E-state index contributed by atoms with van der Waals surface area (Å²) in [4.78, 5) is 13.0. The molecular formula is C14H19NO4. The van der Waals surface area contributed by atoms with Crippen LogP contribution < -0.4 is 9.47 Å². The van der Waals surface area contributed by atoms with Crippen molar-refractivity contribution in [3.05, 3.63) is 24.3 Å². The van der Waals surface area contributed by atoms with Crippen LogP contribution in [0.15, 0.2) is 24.3 Å². The molecule has 1 aliphatic heterocycles. The van der Waals surface area contributed by atoms with Crippen LogP contribution >= 0.6 is 0 Å². The first-order chi connectivity index (χ1) is 9.20. The zero-order valence-electron chi connectivity index (χ0n) is 11.0. The number of likely N-dealkylation sites (tertiary alicyclic amines) is 1. The van der Waals surface area contributed by atoms with E-state index >= 15 is 0 Å². The molecule has 0 spiro atoms. The lowest BCUT2D eigenvalue weighted by Crippen LogP contribution is -2.27. The van der Waals surface area contributed by atoms with Gasteiger partial charge in [0.1, 0.15) is 6.61 Å². The zero-order chi connectivity index (χ0) is 13.7. The fourth-order valence-corrected chi connectivity index (χ4v) is 2.26. The van der Waals surface area contributed by atoms with Gasteiger partial charge in [-0.05, 0) is 25.1 Å². The van der Waals surface area contributed by atoms with E-state index in [-0.39, 0.29) is 5.92 Å². The summed E-state index contributed by atoms with van der Waals surface area (Å²) in [7, 11) is 1.61. The van der Waals surface area contributed by atoms with Crippen LogP contribution in [0.4, 0.5) is 0 Å². The number of para-hydroxylation sites is 2. The first-order valence-electron chi connectivity index (χ1n) is 6.41. The van der Waals surface area contributed by atoms with Crippen LogP contribution in [0.1, 0.15) is 6.42 Å². The number of benzene rings is 1. The number of methoxy groups -OCH3 is 1. The number of nitrogens with zero attached hydrogens (tertiary/aromatic N) is 1. The summed E-state index contributed by atoms with van der Waals surface area (Å²) in [6.45, 7) is 2.71. The highest BCUT2D eigenvalue weighted by atomic mass is 16.5. The quantitative estimate of drug-likeness (QED) is 0.844. The topological polar surface area (TPSA) is 59.0 Å². The molecule has 5 nitrogen and oxygen atoms in total. The summed E-state index contributed by atoms with van der Waals surface area (Å²) < 4.78 is 10.9. The van der Waals surface area contributed by atoms with E-state index in [2.05, 4.69) is 4.90 Å². The number of rotatable bonds is 6. The Morgan fingerprint density at radius 1 is 1.42 bits per heavy atom. The van der Waals surface area contributed by atoms with Crippen molar-refractivity contribution in [2.24, 2.45) is 5.92 Å². The molecule has 1 aliphatic rings. The van der Waals surface area contributed by atoms with Crippen molar-refractivity contribution in [1.29, 1.82) is 0 Å². The molecule has 1 aromatic rings. The van der Waals surface area contributed by atoms with Gasteiger partial charge < -0.3 is 14.6 Å². The van der Waals surface area contributed by atoms with Crippen LogP contribution in [0, 0.1) is 5.92 Å². The third-order valence-corrected chi connectivity index (χ3v) is 3.36. The molecule has 0 aromatic heterocycles. The Kier molecular flexibility index (Phi) is 4.63. The van der Waals surface area contributed by atoms with E-state index < -0.39 is 5.97 Å². The monoisotopic (exact) mass is 265 g/mol. The summed E-state index contributed by atoms with van der Waals surface area (Å²) in [6, 6.07) is 7.51. The van der Waals surface area contributed by atoms with Gasteiger partial charge in [0.25, 0.3) is 0 Å². The largest absolute Gasteiger partial charge is 0.493 e. The van der Waals surface area contributed by atoms with Crippen LogP contribution in [0.2, 0.25) is 0 Å². The maximum absolute atomic E-state index is 10.9. The average molecular weight is 265 g/mol. The summed E-state index contributed by atoms with van der Waals surface area (Å²) in [5, 5.41) is 8.93. The predicted molar refractivity (Wildman–Crippen MR) is 70.7 cm³/mol. The Hall–Kier alpha value is -1.75. The molecule has 1 heterocycles. The molecule has 19 heavy (non-hydrogen) atoms. The molecule has 1 atom stereocenters. The van der Waals surface area contributed by atoms with Gasteiger partial charge in [-0.1, -0.05) is 12.1 Å². The Labute approximate surface area is 112 Å². The number of ether oxygens (including phenoxy) is 2. The number of carboxylic acids is 1. The van der Waals surface area contributed by atoms with Crippen molar-refractivity contribution < 1.29 is 19.4 Å². The molecule has 0 saturated carbocycles. The number of carboxylic acid groups (broad SMARTS) is 1. The number of hydrogen-bond donors (Lipinski definition) is 1.